The molecule has 2 heterocycles. The fourth-order valence-electron chi connectivity index (χ4n) is 3.13. The normalized spacial score (nSPS) is 14.3. The van der Waals surface area contributed by atoms with Crippen LogP contribution in [0.5, 0.6) is 0 Å². The molecule has 2 aromatic carbocycles. The molecule has 4 nitrogen and oxygen atoms in total. The van der Waals surface area contributed by atoms with Crippen LogP contribution in [0.1, 0.15) is 11.3 Å². The molecule has 0 unspecified atom stereocenters. The Morgan fingerprint density at radius 1 is 1.08 bits per heavy atom. The lowest BCUT2D eigenvalue weighted by molar-refractivity contribution is 0.386. The maximum atomic E-state index is 6.20. The number of benzene rings is 2. The van der Waals surface area contributed by atoms with Crippen molar-refractivity contribution < 1.29 is 0 Å². The monoisotopic (exact) mass is 394 g/mol. The number of nitrogens with two attached hydrogens (primary N) is 1. The van der Waals surface area contributed by atoms with Crippen LogP contribution in [-0.2, 0) is 13.0 Å². The molecule has 1 aliphatic rings. The van der Waals surface area contributed by atoms with Crippen molar-refractivity contribution >= 4 is 58.2 Å². The number of guanidine groups is 1. The predicted molar refractivity (Wildman–Crippen MR) is 107 cm³/mol. The van der Waals surface area contributed by atoms with Gasteiger partial charge in [-0.25, -0.2) is 4.99 Å². The minimum atomic E-state index is 0. The number of nitrogens with one attached hydrogen (secondary N) is 1. The first-order valence-electron chi connectivity index (χ1n) is 7.74. The molecular weight excluding hydrogens is 379 g/mol. The molecule has 3 aromatic rings. The number of halogens is 3. The summed E-state index contributed by atoms with van der Waals surface area (Å²) in [6, 6.07) is 13.3. The summed E-state index contributed by atoms with van der Waals surface area (Å²) >= 11 is 12.0. The average molecular weight is 396 g/mol. The Morgan fingerprint density at radius 2 is 1.80 bits per heavy atom. The third-order valence-electron chi connectivity index (χ3n) is 4.33. The van der Waals surface area contributed by atoms with Gasteiger partial charge in [0.25, 0.3) is 0 Å². The van der Waals surface area contributed by atoms with Crippen LogP contribution in [0.2, 0.25) is 10.0 Å². The van der Waals surface area contributed by atoms with E-state index in [1.54, 1.807) is 0 Å². The maximum Gasteiger partial charge on any atom is 0.196 e. The van der Waals surface area contributed by atoms with Gasteiger partial charge < -0.3 is 15.6 Å². The zero-order chi connectivity index (χ0) is 16.7. The number of hydrogen-bond acceptors (Lipinski definition) is 1. The highest BCUT2D eigenvalue weighted by Crippen LogP contribution is 2.29. The van der Waals surface area contributed by atoms with Crippen LogP contribution >= 0.6 is 35.6 Å². The van der Waals surface area contributed by atoms with Gasteiger partial charge in [0.15, 0.2) is 5.96 Å². The van der Waals surface area contributed by atoms with E-state index in [4.69, 9.17) is 28.9 Å². The Balaban J connectivity index is 0.00000182. The summed E-state index contributed by atoms with van der Waals surface area (Å²) in [6.45, 7) is 1.54. The smallest absolute Gasteiger partial charge is 0.196 e. The molecule has 130 valence electrons. The Bertz CT molecular complexity index is 931. The summed E-state index contributed by atoms with van der Waals surface area (Å²) in [5.74, 6) is 0.514. The van der Waals surface area contributed by atoms with Crippen molar-refractivity contribution in [2.24, 2.45) is 10.7 Å². The molecule has 0 aliphatic carbocycles. The van der Waals surface area contributed by atoms with E-state index in [9.17, 15) is 0 Å². The lowest BCUT2D eigenvalue weighted by atomic mass is 10.0. The molecule has 0 bridgehead atoms. The van der Waals surface area contributed by atoms with Crippen LogP contribution in [0, 0.1) is 0 Å². The molecule has 4 rings (SSSR count). The van der Waals surface area contributed by atoms with Gasteiger partial charge in [-0.15, -0.1) is 12.4 Å². The number of hydrogen-bond donors (Lipinski definition) is 2. The fourth-order valence-corrected chi connectivity index (χ4v) is 3.43. The van der Waals surface area contributed by atoms with Crippen LogP contribution < -0.4 is 5.73 Å². The van der Waals surface area contributed by atoms with Gasteiger partial charge in [-0.3, -0.25) is 0 Å². The summed E-state index contributed by atoms with van der Waals surface area (Å²) < 4.78 is 0. The quantitative estimate of drug-likeness (QED) is 0.455. The third-order valence-corrected chi connectivity index (χ3v) is 4.82. The van der Waals surface area contributed by atoms with Crippen molar-refractivity contribution in [1.29, 1.82) is 0 Å². The predicted octanol–water partition coefficient (Wildman–Crippen LogP) is 4.90. The zero-order valence-corrected chi connectivity index (χ0v) is 15.6. The van der Waals surface area contributed by atoms with Crippen molar-refractivity contribution in [2.75, 3.05) is 6.54 Å². The molecule has 0 radical (unpaired) electrons. The van der Waals surface area contributed by atoms with Gasteiger partial charge in [0, 0.05) is 33.2 Å². The highest BCUT2D eigenvalue weighted by molar-refractivity contribution is 6.31. The highest BCUT2D eigenvalue weighted by atomic mass is 35.5. The van der Waals surface area contributed by atoms with Gasteiger partial charge in [0.05, 0.1) is 12.2 Å². The van der Waals surface area contributed by atoms with Gasteiger partial charge in [0.2, 0.25) is 0 Å². The highest BCUT2D eigenvalue weighted by Gasteiger charge is 2.21. The fraction of sp³-hybridized carbons (Fsp3) is 0.167. The summed E-state index contributed by atoms with van der Waals surface area (Å²) in [5.41, 5.74) is 10.6. The summed E-state index contributed by atoms with van der Waals surface area (Å²) in [5, 5.41) is 2.65. The molecule has 1 aromatic heterocycles. The first-order chi connectivity index (χ1) is 11.6. The van der Waals surface area contributed by atoms with Crippen molar-refractivity contribution in [3.63, 3.8) is 0 Å². The topological polar surface area (TPSA) is 57.4 Å². The SMILES string of the molecule is Cl.NC(=Nc1ccc(Cl)cc1)N1CCc2c([nH]c3ccc(Cl)cc23)C1. The molecular formula is C18H17Cl3N4. The molecule has 0 saturated heterocycles. The van der Waals surface area contributed by atoms with E-state index in [0.29, 0.717) is 17.5 Å². The minimum absolute atomic E-state index is 0. The molecule has 3 N–H and O–H groups in total. The standard InChI is InChI=1S/C18H16Cl2N4.ClH/c19-11-1-4-13(5-2-11)22-18(21)24-8-7-14-15-9-12(20)3-6-16(15)23-17(14)10-24;/h1-6,9,23H,7-8,10H2,(H2,21,22);1H. The van der Waals surface area contributed by atoms with Gasteiger partial charge in [0.1, 0.15) is 0 Å². The zero-order valence-electron chi connectivity index (χ0n) is 13.3. The van der Waals surface area contributed by atoms with Crippen LogP contribution in [0.3, 0.4) is 0 Å². The van der Waals surface area contributed by atoms with E-state index in [0.717, 1.165) is 29.2 Å². The minimum Gasteiger partial charge on any atom is -0.369 e. The van der Waals surface area contributed by atoms with E-state index < -0.39 is 0 Å². The van der Waals surface area contributed by atoms with E-state index in [-0.39, 0.29) is 12.4 Å². The number of aromatic amines is 1. The molecule has 0 saturated carbocycles. The van der Waals surface area contributed by atoms with Gasteiger partial charge in [-0.2, -0.15) is 0 Å². The van der Waals surface area contributed by atoms with Crippen molar-refractivity contribution in [2.45, 2.75) is 13.0 Å². The first kappa shape index (κ1) is 17.9. The number of H-pyrrole nitrogens is 1. The van der Waals surface area contributed by atoms with Crippen LogP contribution in [0.15, 0.2) is 47.5 Å². The molecule has 25 heavy (non-hydrogen) atoms. The second-order valence-corrected chi connectivity index (χ2v) is 6.76. The molecule has 0 atom stereocenters. The summed E-state index contributed by atoms with van der Waals surface area (Å²) in [6.07, 6.45) is 0.909. The Kier molecular flexibility index (Phi) is 5.13. The van der Waals surface area contributed by atoms with Crippen molar-refractivity contribution in [3.8, 4) is 0 Å². The van der Waals surface area contributed by atoms with Gasteiger partial charge in [-0.1, -0.05) is 23.2 Å². The van der Waals surface area contributed by atoms with E-state index in [2.05, 4.69) is 14.9 Å². The van der Waals surface area contributed by atoms with E-state index in [1.165, 1.54) is 16.6 Å². The second-order valence-electron chi connectivity index (χ2n) is 5.89. The first-order valence-corrected chi connectivity index (χ1v) is 8.49. The van der Waals surface area contributed by atoms with Gasteiger partial charge in [-0.05, 0) is 54.4 Å². The van der Waals surface area contributed by atoms with Crippen LogP contribution in [0.4, 0.5) is 5.69 Å². The maximum absolute atomic E-state index is 6.20. The summed E-state index contributed by atoms with van der Waals surface area (Å²) in [4.78, 5) is 10.0. The van der Waals surface area contributed by atoms with Crippen LogP contribution in [0.25, 0.3) is 10.9 Å². The largest absolute Gasteiger partial charge is 0.369 e. The van der Waals surface area contributed by atoms with Crippen molar-refractivity contribution in [1.82, 2.24) is 9.88 Å². The molecule has 0 fully saturated rings. The summed E-state index contributed by atoms with van der Waals surface area (Å²) in [7, 11) is 0. The molecule has 1 aliphatic heterocycles. The van der Waals surface area contributed by atoms with Gasteiger partial charge >= 0.3 is 0 Å². The second kappa shape index (κ2) is 7.16. The van der Waals surface area contributed by atoms with E-state index in [1.807, 2.05) is 42.5 Å². The number of rotatable bonds is 1. The Labute approximate surface area is 162 Å². The van der Waals surface area contributed by atoms with E-state index >= 15 is 0 Å². The lowest BCUT2D eigenvalue weighted by Crippen LogP contribution is -2.40. The number of fused-ring (bicyclic) bond motifs is 3. The number of aliphatic imine (C=N–C) groups is 1. The molecule has 7 heteroatoms. The Morgan fingerprint density at radius 3 is 2.56 bits per heavy atom. The molecule has 0 spiro atoms. The van der Waals surface area contributed by atoms with Crippen LogP contribution in [-0.4, -0.2) is 22.4 Å². The lowest BCUT2D eigenvalue weighted by Gasteiger charge is -2.27. The third kappa shape index (κ3) is 3.56. The Hall–Kier alpha value is -1.88. The van der Waals surface area contributed by atoms with Crippen molar-refractivity contribution in [3.05, 3.63) is 63.8 Å². The average Bonchev–Trinajstić information content (AvgIpc) is 2.94. The number of nitrogens with zero attached hydrogens (tertiary/aromatic N) is 2. The molecule has 0 amide bonds. The number of aromatic nitrogens is 1.